The summed E-state index contributed by atoms with van der Waals surface area (Å²) in [6.07, 6.45) is 3.70. The van der Waals surface area contributed by atoms with Gasteiger partial charge in [0.15, 0.2) is 0 Å². The number of fused-ring (bicyclic) bond motifs is 1. The van der Waals surface area contributed by atoms with Gasteiger partial charge in [0, 0.05) is 32.9 Å². The van der Waals surface area contributed by atoms with E-state index >= 15 is 0 Å². The van der Waals surface area contributed by atoms with Crippen LogP contribution in [0.2, 0.25) is 0 Å². The molecule has 0 aliphatic carbocycles. The summed E-state index contributed by atoms with van der Waals surface area (Å²) >= 11 is 0. The number of likely N-dealkylation sites (tertiary alicyclic amines) is 1. The first-order valence-corrected chi connectivity index (χ1v) is 19.7. The van der Waals surface area contributed by atoms with Crippen molar-refractivity contribution in [3.8, 4) is 11.8 Å². The van der Waals surface area contributed by atoms with Gasteiger partial charge < -0.3 is 29.7 Å². The fourth-order valence-electron chi connectivity index (χ4n) is 6.58. The Kier molecular flexibility index (Phi) is 15.0. The number of carbonyl (C=O) groups is 5. The van der Waals surface area contributed by atoms with Gasteiger partial charge in [0.05, 0.1) is 24.9 Å². The van der Waals surface area contributed by atoms with Crippen LogP contribution in [0.15, 0.2) is 85.6 Å². The molecule has 60 heavy (non-hydrogen) atoms. The Morgan fingerprint density at radius 3 is 2.47 bits per heavy atom. The lowest BCUT2D eigenvalue weighted by Gasteiger charge is -2.28. The van der Waals surface area contributed by atoms with E-state index in [-0.39, 0.29) is 32.6 Å². The van der Waals surface area contributed by atoms with Crippen LogP contribution < -0.4 is 15.4 Å². The summed E-state index contributed by atoms with van der Waals surface area (Å²) in [4.78, 5) is 69.8. The van der Waals surface area contributed by atoms with Crippen molar-refractivity contribution in [3.63, 3.8) is 0 Å². The molecule has 5 rings (SSSR count). The van der Waals surface area contributed by atoms with Gasteiger partial charge in [-0.1, -0.05) is 72.5 Å². The van der Waals surface area contributed by atoms with Crippen LogP contribution in [0.3, 0.4) is 0 Å². The number of ether oxygens (including phenoxy) is 3. The lowest BCUT2D eigenvalue weighted by atomic mass is 10.0. The Morgan fingerprint density at radius 1 is 1.05 bits per heavy atom. The van der Waals surface area contributed by atoms with Gasteiger partial charge in [-0.15, -0.1) is 5.10 Å². The average Bonchev–Trinajstić information content (AvgIpc) is 3.90. The summed E-state index contributed by atoms with van der Waals surface area (Å²) in [5.74, 6) is -1.83. The molecular weight excluding hydrogens is 769 g/mol. The first kappa shape index (κ1) is 44.3. The topological polar surface area (TPSA) is 198 Å². The molecule has 16 nitrogen and oxygen atoms in total. The number of likely N-dealkylation sites (N-methyl/N-ethyl adjacent to an activating group) is 1. The van der Waals surface area contributed by atoms with Gasteiger partial charge in [-0.05, 0) is 68.1 Å². The first-order valence-electron chi connectivity index (χ1n) is 19.7. The van der Waals surface area contributed by atoms with Crippen molar-refractivity contribution in [3.05, 3.63) is 102 Å². The van der Waals surface area contributed by atoms with Crippen molar-refractivity contribution in [1.82, 2.24) is 35.4 Å². The highest BCUT2D eigenvalue weighted by Crippen LogP contribution is 2.28. The number of aryl methyl sites for hydroxylation is 1. The molecule has 0 unspecified atom stereocenters. The van der Waals surface area contributed by atoms with Gasteiger partial charge in [-0.2, -0.15) is 5.26 Å². The molecule has 316 valence electrons. The molecule has 0 saturated carbocycles. The number of benzene rings is 3. The van der Waals surface area contributed by atoms with Crippen LogP contribution in [0, 0.1) is 11.3 Å². The maximum Gasteiger partial charge on any atom is 0.410 e. The minimum atomic E-state index is -1.10. The highest BCUT2D eigenvalue weighted by Gasteiger charge is 2.42. The molecule has 16 heteroatoms. The molecule has 1 fully saturated rings. The predicted molar refractivity (Wildman–Crippen MR) is 221 cm³/mol. The van der Waals surface area contributed by atoms with Crippen molar-refractivity contribution in [2.45, 2.75) is 89.8 Å². The van der Waals surface area contributed by atoms with E-state index in [1.54, 1.807) is 31.6 Å². The van der Waals surface area contributed by atoms with Gasteiger partial charge >= 0.3 is 12.1 Å². The molecule has 2 N–H and O–H groups in total. The van der Waals surface area contributed by atoms with Gasteiger partial charge in [0.1, 0.15) is 48.4 Å². The van der Waals surface area contributed by atoms with Crippen molar-refractivity contribution >= 4 is 40.6 Å². The molecule has 1 saturated heterocycles. The summed E-state index contributed by atoms with van der Waals surface area (Å²) < 4.78 is 18.2. The molecule has 0 spiro atoms. The van der Waals surface area contributed by atoms with Crippen LogP contribution in [-0.4, -0.2) is 105 Å². The number of nitriles is 1. The normalized spacial score (nSPS) is 15.9. The lowest BCUT2D eigenvalue weighted by molar-refractivity contribution is -0.147. The second kappa shape index (κ2) is 20.3. The third kappa shape index (κ3) is 12.1. The number of nitrogens with zero attached hydrogens (tertiary/aromatic N) is 6. The van der Waals surface area contributed by atoms with Crippen molar-refractivity contribution in [1.29, 1.82) is 5.26 Å². The maximum atomic E-state index is 14.2. The number of aromatic nitrogens is 3. The largest absolute Gasteiger partial charge is 0.487 e. The van der Waals surface area contributed by atoms with Crippen molar-refractivity contribution in [2.24, 2.45) is 0 Å². The Balaban J connectivity index is 1.32. The summed E-state index contributed by atoms with van der Waals surface area (Å²) in [6.45, 7) is 9.85. The van der Waals surface area contributed by atoms with Gasteiger partial charge in [-0.25, -0.2) is 14.3 Å². The molecule has 4 atom stereocenters. The summed E-state index contributed by atoms with van der Waals surface area (Å²) in [7, 11) is 1.42. The number of hydrogen-bond donors (Lipinski definition) is 2. The highest BCUT2D eigenvalue weighted by atomic mass is 16.6. The van der Waals surface area contributed by atoms with Crippen molar-refractivity contribution in [2.75, 3.05) is 26.7 Å². The number of rotatable bonds is 17. The van der Waals surface area contributed by atoms with Crippen LogP contribution in [0.25, 0.3) is 10.8 Å². The zero-order valence-electron chi connectivity index (χ0n) is 34.6. The maximum absolute atomic E-state index is 14.2. The predicted octanol–water partition coefficient (Wildman–Crippen LogP) is 4.44. The summed E-state index contributed by atoms with van der Waals surface area (Å²) in [5.41, 5.74) is 1.53. The number of esters is 1. The highest BCUT2D eigenvalue weighted by molar-refractivity contribution is 5.94. The smallest absolute Gasteiger partial charge is 0.410 e. The SMILES string of the molecule is C=CCOC(=O)[C@H](Cc1ccc2ccccc2c1)NC(=O)[C@@H]1C[C@H](n2cc(COc3ccc(CCC#N)cc3)nn2)CN1C(=O)CNC(=O)[C@H](C)N(C)C(=O)OC(C)(C)C. The molecule has 1 aromatic heterocycles. The van der Waals surface area contributed by atoms with E-state index in [0.717, 1.165) is 26.8 Å². The van der Waals surface area contributed by atoms with E-state index in [4.69, 9.17) is 19.5 Å². The Hall–Kier alpha value is -6.76. The van der Waals surface area contributed by atoms with Crippen LogP contribution in [-0.2, 0) is 48.1 Å². The van der Waals surface area contributed by atoms with E-state index in [9.17, 15) is 24.0 Å². The summed E-state index contributed by atoms with van der Waals surface area (Å²) in [6, 6.07) is 19.4. The number of carbonyl (C=O) groups excluding carboxylic acids is 5. The minimum Gasteiger partial charge on any atom is -0.487 e. The number of amides is 4. The monoisotopic (exact) mass is 820 g/mol. The zero-order valence-corrected chi connectivity index (χ0v) is 34.6. The second-order valence-electron chi connectivity index (χ2n) is 15.6. The fraction of sp³-hybridized carbons (Fsp3) is 0.409. The minimum absolute atomic E-state index is 0.0320. The molecule has 3 aromatic carbocycles. The molecule has 1 aliphatic heterocycles. The van der Waals surface area contributed by atoms with Gasteiger partial charge in [0.25, 0.3) is 0 Å². The van der Waals surface area contributed by atoms with E-state index in [2.05, 4.69) is 33.6 Å². The fourth-order valence-corrected chi connectivity index (χ4v) is 6.58. The molecule has 1 aliphatic rings. The van der Waals surface area contributed by atoms with Gasteiger partial charge in [-0.3, -0.25) is 19.3 Å². The standard InChI is InChI=1S/C44H52N8O8/c1-7-21-58-42(56)37(23-31-14-17-32-12-8-9-13-33(32)22-31)47-41(55)38-24-35(52-26-34(48-49-52)28-59-36-18-15-30(16-19-36)11-10-20-45)27-51(38)39(53)25-46-40(54)29(2)50(6)43(57)60-44(3,4)5/h7-9,12-19,22,26,29,35,37-38H,1,10-11,21,23-25,27-28H2,2-6H3,(H,46,54)(H,47,55)/t29-,35-,37-,38-/m0/s1. The molecule has 0 bridgehead atoms. The van der Waals surface area contributed by atoms with Crippen LogP contribution in [0.1, 0.15) is 63.4 Å². The molecule has 4 aromatic rings. The van der Waals surface area contributed by atoms with Crippen LogP contribution >= 0.6 is 0 Å². The Morgan fingerprint density at radius 2 is 1.77 bits per heavy atom. The number of hydrogen-bond acceptors (Lipinski definition) is 11. The Labute approximate surface area is 349 Å². The van der Waals surface area contributed by atoms with E-state index < -0.39 is 66.1 Å². The molecule has 2 heterocycles. The van der Waals surface area contributed by atoms with E-state index in [1.165, 1.54) is 24.9 Å². The average molecular weight is 821 g/mol. The quantitative estimate of drug-likeness (QED) is 0.113. The zero-order chi connectivity index (χ0) is 43.4. The first-order chi connectivity index (χ1) is 28.6. The number of nitrogens with one attached hydrogen (secondary N) is 2. The molecule has 0 radical (unpaired) electrons. The van der Waals surface area contributed by atoms with E-state index in [1.807, 2.05) is 66.7 Å². The van der Waals surface area contributed by atoms with Crippen molar-refractivity contribution < 1.29 is 38.2 Å². The van der Waals surface area contributed by atoms with Crippen LogP contribution in [0.4, 0.5) is 4.79 Å². The van der Waals surface area contributed by atoms with E-state index in [0.29, 0.717) is 24.3 Å². The third-order valence-corrected chi connectivity index (χ3v) is 9.92. The summed E-state index contributed by atoms with van der Waals surface area (Å²) in [5, 5.41) is 24.8. The second-order valence-corrected chi connectivity index (χ2v) is 15.6. The Bertz CT molecular complexity index is 2210. The van der Waals surface area contributed by atoms with Crippen LogP contribution in [0.5, 0.6) is 5.75 Å². The van der Waals surface area contributed by atoms with Gasteiger partial charge in [0.2, 0.25) is 17.7 Å². The molecule has 4 amide bonds. The lowest BCUT2D eigenvalue weighted by Crippen LogP contribution is -2.54. The molecular formula is C44H52N8O8. The third-order valence-electron chi connectivity index (χ3n) is 9.92.